The Labute approximate surface area is 120 Å². The van der Waals surface area contributed by atoms with Crippen molar-refractivity contribution in [2.75, 3.05) is 6.54 Å². The highest BCUT2D eigenvalue weighted by molar-refractivity contribution is 6.09. The van der Waals surface area contributed by atoms with Crippen molar-refractivity contribution in [3.05, 3.63) is 0 Å². The molecule has 2 rings (SSSR count). The summed E-state index contributed by atoms with van der Waals surface area (Å²) in [5.74, 6) is 0.239. The van der Waals surface area contributed by atoms with Gasteiger partial charge in [-0.2, -0.15) is 0 Å². The van der Waals surface area contributed by atoms with Crippen molar-refractivity contribution in [3.63, 3.8) is 0 Å². The fraction of sp³-hybridized carbons (Fsp3) is 0.800. The molecule has 0 aromatic heterocycles. The van der Waals surface area contributed by atoms with E-state index in [0.717, 1.165) is 24.2 Å². The van der Waals surface area contributed by atoms with Crippen LogP contribution >= 0.6 is 0 Å². The molecule has 20 heavy (non-hydrogen) atoms. The van der Waals surface area contributed by atoms with E-state index in [1.165, 1.54) is 0 Å². The van der Waals surface area contributed by atoms with E-state index < -0.39 is 11.6 Å². The summed E-state index contributed by atoms with van der Waals surface area (Å²) >= 11 is 0. The third-order valence-electron chi connectivity index (χ3n) is 4.85. The van der Waals surface area contributed by atoms with Crippen LogP contribution in [0.3, 0.4) is 0 Å². The van der Waals surface area contributed by atoms with Crippen LogP contribution in [0, 0.1) is 11.8 Å². The number of Topliss-reactive ketones (excluding diaryl/α,β-unsaturated/α-hetero) is 1. The van der Waals surface area contributed by atoms with Gasteiger partial charge in [0.15, 0.2) is 5.78 Å². The number of carbonyl (C=O) groups is 3. The molecule has 2 fully saturated rings. The molecule has 1 aliphatic heterocycles. The van der Waals surface area contributed by atoms with Crippen molar-refractivity contribution in [1.82, 2.24) is 10.2 Å². The van der Waals surface area contributed by atoms with Gasteiger partial charge in [-0.3, -0.25) is 14.5 Å². The van der Waals surface area contributed by atoms with Crippen LogP contribution in [0.2, 0.25) is 0 Å². The van der Waals surface area contributed by atoms with E-state index in [9.17, 15) is 14.4 Å². The molecule has 1 saturated carbocycles. The van der Waals surface area contributed by atoms with Crippen LogP contribution in [-0.4, -0.2) is 34.7 Å². The molecule has 1 unspecified atom stereocenters. The van der Waals surface area contributed by atoms with Crippen LogP contribution < -0.4 is 5.32 Å². The quantitative estimate of drug-likeness (QED) is 0.802. The van der Waals surface area contributed by atoms with Gasteiger partial charge in [0.2, 0.25) is 0 Å². The van der Waals surface area contributed by atoms with Crippen LogP contribution in [0.4, 0.5) is 4.79 Å². The summed E-state index contributed by atoms with van der Waals surface area (Å²) in [6.07, 6.45) is 3.99. The minimum Gasteiger partial charge on any atom is -0.323 e. The molecule has 112 valence electrons. The molecule has 0 bridgehead atoms. The second kappa shape index (κ2) is 5.54. The first-order valence-electron chi connectivity index (χ1n) is 7.56. The number of nitrogens with zero attached hydrogens (tertiary/aromatic N) is 1. The van der Waals surface area contributed by atoms with Gasteiger partial charge in [0, 0.05) is 5.92 Å². The molecule has 1 N–H and O–H groups in total. The lowest BCUT2D eigenvalue weighted by Gasteiger charge is -2.33. The Morgan fingerprint density at radius 3 is 2.55 bits per heavy atom. The molecule has 1 aliphatic carbocycles. The SMILES string of the molecule is CCC(C)C(=O)CN1C(=O)NC2(CCC(C)CC2)C1=O. The summed E-state index contributed by atoms with van der Waals surface area (Å²) in [5.41, 5.74) is -0.737. The van der Waals surface area contributed by atoms with Crippen LogP contribution in [0.25, 0.3) is 0 Å². The predicted molar refractivity (Wildman–Crippen MR) is 75.1 cm³/mol. The Balaban J connectivity index is 2.07. The maximum absolute atomic E-state index is 12.5. The number of urea groups is 1. The van der Waals surface area contributed by atoms with Crippen molar-refractivity contribution in [2.24, 2.45) is 11.8 Å². The summed E-state index contributed by atoms with van der Waals surface area (Å²) in [6.45, 7) is 5.84. The lowest BCUT2D eigenvalue weighted by atomic mass is 9.77. The number of imide groups is 1. The lowest BCUT2D eigenvalue weighted by molar-refractivity contribution is -0.136. The normalized spacial score (nSPS) is 31.6. The van der Waals surface area contributed by atoms with Crippen molar-refractivity contribution < 1.29 is 14.4 Å². The van der Waals surface area contributed by atoms with E-state index >= 15 is 0 Å². The van der Waals surface area contributed by atoms with Gasteiger partial charge in [-0.25, -0.2) is 4.79 Å². The Kier molecular flexibility index (Phi) is 4.16. The zero-order valence-corrected chi connectivity index (χ0v) is 12.6. The molecule has 5 nitrogen and oxygen atoms in total. The van der Waals surface area contributed by atoms with Crippen LogP contribution in [0.5, 0.6) is 0 Å². The Hall–Kier alpha value is -1.39. The average molecular weight is 280 g/mol. The van der Waals surface area contributed by atoms with E-state index in [2.05, 4.69) is 12.2 Å². The van der Waals surface area contributed by atoms with Crippen molar-refractivity contribution in [1.29, 1.82) is 0 Å². The fourth-order valence-electron chi connectivity index (χ4n) is 2.95. The van der Waals surface area contributed by atoms with E-state index in [4.69, 9.17) is 0 Å². The predicted octanol–water partition coefficient (Wildman–Crippen LogP) is 2.10. The van der Waals surface area contributed by atoms with Crippen molar-refractivity contribution in [3.8, 4) is 0 Å². The highest BCUT2D eigenvalue weighted by Crippen LogP contribution is 2.36. The minimum absolute atomic E-state index is 0.0442. The smallest absolute Gasteiger partial charge is 0.323 e. The number of hydrogen-bond donors (Lipinski definition) is 1. The van der Waals surface area contributed by atoms with E-state index in [1.807, 2.05) is 13.8 Å². The van der Waals surface area contributed by atoms with Gasteiger partial charge in [0.1, 0.15) is 5.54 Å². The largest absolute Gasteiger partial charge is 0.325 e. The van der Waals surface area contributed by atoms with Gasteiger partial charge in [-0.05, 0) is 38.0 Å². The van der Waals surface area contributed by atoms with Crippen molar-refractivity contribution in [2.45, 2.75) is 58.4 Å². The molecule has 1 atom stereocenters. The number of ketones is 1. The van der Waals surface area contributed by atoms with Gasteiger partial charge in [-0.1, -0.05) is 20.8 Å². The van der Waals surface area contributed by atoms with Crippen LogP contribution in [-0.2, 0) is 9.59 Å². The average Bonchev–Trinajstić information content (AvgIpc) is 2.66. The number of amides is 3. The number of rotatable bonds is 4. The van der Waals surface area contributed by atoms with Gasteiger partial charge < -0.3 is 5.32 Å². The van der Waals surface area contributed by atoms with Gasteiger partial charge in [0.25, 0.3) is 5.91 Å². The summed E-state index contributed by atoms with van der Waals surface area (Å²) in [5, 5.41) is 2.84. The molecular weight excluding hydrogens is 256 g/mol. The molecule has 3 amide bonds. The standard InChI is InChI=1S/C15H24N2O3/c1-4-11(3)12(18)9-17-13(19)15(16-14(17)20)7-5-10(2)6-8-15/h10-11H,4-9H2,1-3H3,(H,16,20). The summed E-state index contributed by atoms with van der Waals surface area (Å²) in [7, 11) is 0. The molecule has 0 radical (unpaired) electrons. The third kappa shape index (κ3) is 2.58. The summed E-state index contributed by atoms with van der Waals surface area (Å²) < 4.78 is 0. The molecule has 1 heterocycles. The third-order valence-corrected chi connectivity index (χ3v) is 4.85. The summed E-state index contributed by atoms with van der Waals surface area (Å²) in [6, 6.07) is -0.402. The van der Waals surface area contributed by atoms with E-state index in [1.54, 1.807) is 0 Å². The van der Waals surface area contributed by atoms with E-state index in [-0.39, 0.29) is 24.2 Å². The van der Waals surface area contributed by atoms with Gasteiger partial charge in [0.05, 0.1) is 6.54 Å². The molecule has 0 aromatic rings. The van der Waals surface area contributed by atoms with Gasteiger partial charge in [-0.15, -0.1) is 0 Å². The number of nitrogens with one attached hydrogen (secondary N) is 1. The molecule has 1 saturated heterocycles. The molecule has 0 aromatic carbocycles. The Bertz CT molecular complexity index is 425. The molecule has 2 aliphatic rings. The topological polar surface area (TPSA) is 66.5 Å². The first-order valence-corrected chi connectivity index (χ1v) is 7.56. The highest BCUT2D eigenvalue weighted by Gasteiger charge is 2.52. The van der Waals surface area contributed by atoms with Crippen molar-refractivity contribution >= 4 is 17.7 Å². The zero-order valence-electron chi connectivity index (χ0n) is 12.6. The number of hydrogen-bond acceptors (Lipinski definition) is 3. The molecular formula is C15H24N2O3. The van der Waals surface area contributed by atoms with Crippen LogP contribution in [0.1, 0.15) is 52.9 Å². The van der Waals surface area contributed by atoms with E-state index in [0.29, 0.717) is 18.8 Å². The maximum atomic E-state index is 12.5. The fourth-order valence-corrected chi connectivity index (χ4v) is 2.95. The van der Waals surface area contributed by atoms with Crippen LogP contribution in [0.15, 0.2) is 0 Å². The first-order chi connectivity index (χ1) is 9.39. The van der Waals surface area contributed by atoms with Gasteiger partial charge >= 0.3 is 6.03 Å². The Morgan fingerprint density at radius 1 is 1.40 bits per heavy atom. The minimum atomic E-state index is -0.737. The first kappa shape index (κ1) is 15.0. The maximum Gasteiger partial charge on any atom is 0.325 e. The second-order valence-electron chi connectivity index (χ2n) is 6.36. The second-order valence-corrected chi connectivity index (χ2v) is 6.36. The monoisotopic (exact) mass is 280 g/mol. The highest BCUT2D eigenvalue weighted by atomic mass is 16.2. The zero-order chi connectivity index (χ0) is 14.9. The molecule has 5 heteroatoms. The lowest BCUT2D eigenvalue weighted by Crippen LogP contribution is -2.49. The Morgan fingerprint density at radius 2 is 2.00 bits per heavy atom. The summed E-state index contributed by atoms with van der Waals surface area (Å²) in [4.78, 5) is 37.7. The number of carbonyl (C=O) groups excluding carboxylic acids is 3. The molecule has 1 spiro atoms.